The second-order valence-corrected chi connectivity index (χ2v) is 4.77. The molecule has 2 rings (SSSR count). The fourth-order valence-electron chi connectivity index (χ4n) is 2.04. The van der Waals surface area contributed by atoms with Crippen molar-refractivity contribution in [1.82, 2.24) is 15.6 Å². The summed E-state index contributed by atoms with van der Waals surface area (Å²) in [4.78, 5) is 15.7. The van der Waals surface area contributed by atoms with Gasteiger partial charge in [-0.05, 0) is 19.9 Å². The monoisotopic (exact) mass is 279 g/mol. The number of pyridine rings is 1. The van der Waals surface area contributed by atoms with Crippen LogP contribution in [0, 0.1) is 0 Å². The van der Waals surface area contributed by atoms with Crippen molar-refractivity contribution in [2.24, 2.45) is 0 Å². The van der Waals surface area contributed by atoms with Crippen molar-refractivity contribution >= 4 is 5.91 Å². The lowest BCUT2D eigenvalue weighted by molar-refractivity contribution is -0.0470. The molecule has 2 unspecified atom stereocenters. The van der Waals surface area contributed by atoms with Crippen LogP contribution in [0.25, 0.3) is 0 Å². The van der Waals surface area contributed by atoms with Crippen LogP contribution in [0.2, 0.25) is 0 Å². The minimum atomic E-state index is -0.192. The Labute approximate surface area is 118 Å². The number of hydrogen-bond donors (Lipinski definition) is 2. The lowest BCUT2D eigenvalue weighted by Gasteiger charge is -2.28. The number of carbonyl (C=O) groups excluding carboxylic acids is 1. The molecule has 6 nitrogen and oxygen atoms in total. The largest absolute Gasteiger partial charge is 0.491 e. The maximum absolute atomic E-state index is 11.7. The zero-order valence-electron chi connectivity index (χ0n) is 11.9. The Morgan fingerprint density at radius 2 is 2.45 bits per heavy atom. The van der Waals surface area contributed by atoms with Gasteiger partial charge in [0.15, 0.2) is 0 Å². The SMILES string of the molecule is CCNC(=O)c1cc(OCC2CNCC(C)O2)ccn1. The number of amides is 1. The Kier molecular flexibility index (Phi) is 5.31. The normalized spacial score (nSPS) is 22.3. The summed E-state index contributed by atoms with van der Waals surface area (Å²) in [5.41, 5.74) is 0.361. The molecule has 0 aromatic carbocycles. The number of nitrogens with zero attached hydrogens (tertiary/aromatic N) is 1. The molecule has 0 bridgehead atoms. The number of hydrogen-bond acceptors (Lipinski definition) is 5. The summed E-state index contributed by atoms with van der Waals surface area (Å²) in [5.74, 6) is 0.435. The molecule has 2 N–H and O–H groups in total. The summed E-state index contributed by atoms with van der Waals surface area (Å²) in [7, 11) is 0. The Morgan fingerprint density at radius 3 is 3.20 bits per heavy atom. The highest BCUT2D eigenvalue weighted by atomic mass is 16.5. The van der Waals surface area contributed by atoms with E-state index >= 15 is 0 Å². The molecule has 0 spiro atoms. The van der Waals surface area contributed by atoms with Crippen molar-refractivity contribution in [2.45, 2.75) is 26.1 Å². The van der Waals surface area contributed by atoms with Crippen molar-refractivity contribution in [1.29, 1.82) is 0 Å². The van der Waals surface area contributed by atoms with E-state index in [0.717, 1.165) is 13.1 Å². The van der Waals surface area contributed by atoms with Gasteiger partial charge in [0.1, 0.15) is 24.2 Å². The third-order valence-corrected chi connectivity index (χ3v) is 2.97. The first-order valence-corrected chi connectivity index (χ1v) is 6.92. The third-order valence-electron chi connectivity index (χ3n) is 2.97. The van der Waals surface area contributed by atoms with Gasteiger partial charge in [0.05, 0.1) is 6.10 Å². The molecule has 1 amide bonds. The Balaban J connectivity index is 1.89. The quantitative estimate of drug-likeness (QED) is 0.825. The van der Waals surface area contributed by atoms with Gasteiger partial charge in [0, 0.05) is 31.9 Å². The molecule has 1 fully saturated rings. The summed E-state index contributed by atoms with van der Waals surface area (Å²) in [6.45, 7) is 6.57. The van der Waals surface area contributed by atoms with Crippen LogP contribution in [0.5, 0.6) is 5.75 Å². The third kappa shape index (κ3) is 4.18. The Morgan fingerprint density at radius 1 is 1.60 bits per heavy atom. The number of rotatable bonds is 5. The highest BCUT2D eigenvalue weighted by Gasteiger charge is 2.19. The van der Waals surface area contributed by atoms with Crippen LogP contribution in [0.1, 0.15) is 24.3 Å². The van der Waals surface area contributed by atoms with E-state index in [1.165, 1.54) is 0 Å². The molecule has 1 aliphatic rings. The topological polar surface area (TPSA) is 72.5 Å². The molecule has 20 heavy (non-hydrogen) atoms. The summed E-state index contributed by atoms with van der Waals surface area (Å²) in [6.07, 6.45) is 1.79. The predicted octanol–water partition coefficient (Wildman–Crippen LogP) is 0.587. The summed E-state index contributed by atoms with van der Waals surface area (Å²) in [6, 6.07) is 3.38. The average molecular weight is 279 g/mol. The van der Waals surface area contributed by atoms with Crippen LogP contribution in [0.3, 0.4) is 0 Å². The van der Waals surface area contributed by atoms with Crippen molar-refractivity contribution < 1.29 is 14.3 Å². The number of carbonyl (C=O) groups is 1. The van der Waals surface area contributed by atoms with Crippen molar-refractivity contribution in [2.75, 3.05) is 26.2 Å². The molecule has 0 radical (unpaired) electrons. The zero-order chi connectivity index (χ0) is 14.4. The van der Waals surface area contributed by atoms with Crippen molar-refractivity contribution in [3.8, 4) is 5.75 Å². The van der Waals surface area contributed by atoms with Crippen LogP contribution in [-0.2, 0) is 4.74 Å². The second kappa shape index (κ2) is 7.21. The zero-order valence-corrected chi connectivity index (χ0v) is 11.9. The molecule has 110 valence electrons. The summed E-state index contributed by atoms with van der Waals surface area (Å²) >= 11 is 0. The van der Waals surface area contributed by atoms with Gasteiger partial charge in [-0.1, -0.05) is 0 Å². The minimum absolute atomic E-state index is 0.0276. The highest BCUT2D eigenvalue weighted by molar-refractivity contribution is 5.92. The van der Waals surface area contributed by atoms with Gasteiger partial charge in [-0.25, -0.2) is 0 Å². The number of ether oxygens (including phenoxy) is 2. The fraction of sp³-hybridized carbons (Fsp3) is 0.571. The van der Waals surface area contributed by atoms with E-state index in [1.54, 1.807) is 18.3 Å². The molecule has 1 saturated heterocycles. The minimum Gasteiger partial charge on any atom is -0.491 e. The van der Waals surface area contributed by atoms with Crippen LogP contribution >= 0.6 is 0 Å². The molecule has 1 aromatic heterocycles. The van der Waals surface area contributed by atoms with Crippen LogP contribution < -0.4 is 15.4 Å². The van der Waals surface area contributed by atoms with Crippen LogP contribution in [0.15, 0.2) is 18.3 Å². The van der Waals surface area contributed by atoms with E-state index in [4.69, 9.17) is 9.47 Å². The standard InChI is InChI=1S/C14H21N3O3/c1-3-16-14(18)13-6-11(4-5-17-13)19-9-12-8-15-7-10(2)20-12/h4-6,10,12,15H,3,7-9H2,1-2H3,(H,16,18). The van der Waals surface area contributed by atoms with E-state index in [9.17, 15) is 4.79 Å². The first kappa shape index (κ1) is 14.7. The van der Waals surface area contributed by atoms with Crippen LogP contribution in [0.4, 0.5) is 0 Å². The first-order valence-electron chi connectivity index (χ1n) is 6.92. The van der Waals surface area contributed by atoms with E-state index < -0.39 is 0 Å². The average Bonchev–Trinajstić information content (AvgIpc) is 2.46. The summed E-state index contributed by atoms with van der Waals surface area (Å²) < 4.78 is 11.4. The van der Waals surface area contributed by atoms with Gasteiger partial charge in [-0.3, -0.25) is 9.78 Å². The second-order valence-electron chi connectivity index (χ2n) is 4.77. The fourth-order valence-corrected chi connectivity index (χ4v) is 2.04. The van der Waals surface area contributed by atoms with Crippen molar-refractivity contribution in [3.05, 3.63) is 24.0 Å². The van der Waals surface area contributed by atoms with E-state index in [2.05, 4.69) is 15.6 Å². The van der Waals surface area contributed by atoms with E-state index in [-0.39, 0.29) is 18.1 Å². The number of morpholine rings is 1. The lowest BCUT2D eigenvalue weighted by Crippen LogP contribution is -2.45. The predicted molar refractivity (Wildman–Crippen MR) is 74.9 cm³/mol. The van der Waals surface area contributed by atoms with Crippen molar-refractivity contribution in [3.63, 3.8) is 0 Å². The number of aromatic nitrogens is 1. The molecule has 0 saturated carbocycles. The van der Waals surface area contributed by atoms with Gasteiger partial charge in [-0.2, -0.15) is 0 Å². The van der Waals surface area contributed by atoms with E-state index in [1.807, 2.05) is 13.8 Å². The Bertz CT molecular complexity index is 453. The molecule has 2 heterocycles. The first-order chi connectivity index (χ1) is 9.69. The lowest BCUT2D eigenvalue weighted by atomic mass is 10.2. The molecule has 6 heteroatoms. The smallest absolute Gasteiger partial charge is 0.270 e. The summed E-state index contributed by atoms with van der Waals surface area (Å²) in [5, 5.41) is 5.99. The maximum atomic E-state index is 11.7. The molecular weight excluding hydrogens is 258 g/mol. The maximum Gasteiger partial charge on any atom is 0.270 e. The Hall–Kier alpha value is -1.66. The van der Waals surface area contributed by atoms with E-state index in [0.29, 0.717) is 24.6 Å². The number of nitrogens with one attached hydrogen (secondary N) is 2. The molecule has 2 atom stereocenters. The van der Waals surface area contributed by atoms with Gasteiger partial charge in [-0.15, -0.1) is 0 Å². The molecule has 0 aliphatic carbocycles. The molecular formula is C14H21N3O3. The van der Waals surface area contributed by atoms with Gasteiger partial charge in [0.25, 0.3) is 5.91 Å². The van der Waals surface area contributed by atoms with Gasteiger partial charge < -0.3 is 20.1 Å². The highest BCUT2D eigenvalue weighted by Crippen LogP contribution is 2.13. The van der Waals surface area contributed by atoms with Gasteiger partial charge >= 0.3 is 0 Å². The molecule has 1 aliphatic heterocycles. The van der Waals surface area contributed by atoms with Gasteiger partial charge in [0.2, 0.25) is 0 Å². The van der Waals surface area contributed by atoms with Crippen LogP contribution in [-0.4, -0.2) is 49.3 Å². The molecule has 1 aromatic rings.